The Balaban J connectivity index is 1.61. The normalized spacial score (nSPS) is 22.3. The van der Waals surface area contributed by atoms with E-state index in [1.165, 1.54) is 6.07 Å². The molecular weight excluding hydrogens is 348 g/mol. The molecule has 7 heteroatoms. The summed E-state index contributed by atoms with van der Waals surface area (Å²) in [6.45, 7) is 1.81. The van der Waals surface area contributed by atoms with Crippen molar-refractivity contribution in [3.05, 3.63) is 46.3 Å². The number of amides is 2. The van der Waals surface area contributed by atoms with Gasteiger partial charge in [0.1, 0.15) is 5.58 Å². The Hall–Kier alpha value is -2.67. The number of carbonyl (C=O) groups excluding carboxylic acids is 2. The quantitative estimate of drug-likeness (QED) is 0.815. The van der Waals surface area contributed by atoms with E-state index in [4.69, 9.17) is 9.15 Å². The molecule has 2 aromatic rings. The highest BCUT2D eigenvalue weighted by Crippen LogP contribution is 2.29. The molecule has 0 radical (unpaired) electrons. The Kier molecular flexibility index (Phi) is 4.70. The van der Waals surface area contributed by atoms with E-state index < -0.39 is 0 Å². The molecule has 3 aliphatic heterocycles. The first kappa shape index (κ1) is 17.7. The van der Waals surface area contributed by atoms with Gasteiger partial charge in [-0.15, -0.1) is 0 Å². The van der Waals surface area contributed by atoms with E-state index in [1.807, 2.05) is 4.90 Å². The molecule has 27 heavy (non-hydrogen) atoms. The monoisotopic (exact) mass is 370 g/mol. The van der Waals surface area contributed by atoms with Crippen LogP contribution in [-0.4, -0.2) is 61.0 Å². The van der Waals surface area contributed by atoms with Crippen LogP contribution >= 0.6 is 0 Å². The Morgan fingerprint density at radius 1 is 1.22 bits per heavy atom. The van der Waals surface area contributed by atoms with Crippen LogP contribution in [0.3, 0.4) is 0 Å². The van der Waals surface area contributed by atoms with E-state index in [0.29, 0.717) is 37.2 Å². The lowest BCUT2D eigenvalue weighted by Crippen LogP contribution is -2.49. The van der Waals surface area contributed by atoms with Gasteiger partial charge in [0.25, 0.3) is 5.91 Å². The van der Waals surface area contributed by atoms with Gasteiger partial charge < -0.3 is 19.0 Å². The Labute approximate surface area is 156 Å². The van der Waals surface area contributed by atoms with Gasteiger partial charge in [-0.05, 0) is 25.0 Å². The molecule has 2 amide bonds. The van der Waals surface area contributed by atoms with Gasteiger partial charge in [0.05, 0.1) is 17.9 Å². The smallest absolute Gasteiger partial charge is 0.289 e. The lowest BCUT2D eigenvalue weighted by Gasteiger charge is -2.35. The third-order valence-corrected chi connectivity index (χ3v) is 5.46. The highest BCUT2D eigenvalue weighted by Gasteiger charge is 2.42. The molecule has 0 spiro atoms. The zero-order chi connectivity index (χ0) is 19.0. The molecule has 3 saturated heterocycles. The third-order valence-electron chi connectivity index (χ3n) is 5.46. The number of rotatable bonds is 4. The average molecular weight is 370 g/mol. The molecule has 1 aromatic carbocycles. The molecule has 5 rings (SSSR count). The lowest BCUT2D eigenvalue weighted by atomic mass is 9.94. The number of benzene rings is 1. The van der Waals surface area contributed by atoms with Gasteiger partial charge in [-0.2, -0.15) is 0 Å². The highest BCUT2D eigenvalue weighted by atomic mass is 16.5. The minimum atomic E-state index is -0.337. The summed E-state index contributed by atoms with van der Waals surface area (Å²) in [5.41, 5.74) is 0.153. The molecule has 2 atom stereocenters. The van der Waals surface area contributed by atoms with E-state index in [-0.39, 0.29) is 35.0 Å². The van der Waals surface area contributed by atoms with Crippen LogP contribution in [-0.2, 0) is 9.53 Å². The Morgan fingerprint density at radius 2 is 2.04 bits per heavy atom. The van der Waals surface area contributed by atoms with Crippen LogP contribution in [0.25, 0.3) is 11.0 Å². The number of fused-ring (bicyclic) bond motifs is 5. The number of methoxy groups -OCH3 is 1. The van der Waals surface area contributed by atoms with Crippen molar-refractivity contribution in [1.82, 2.24) is 9.80 Å². The number of hydrogen-bond acceptors (Lipinski definition) is 5. The molecule has 3 fully saturated rings. The molecule has 0 N–H and O–H groups in total. The number of carbonyl (C=O) groups is 2. The van der Waals surface area contributed by atoms with Crippen LogP contribution in [0.1, 0.15) is 23.4 Å². The van der Waals surface area contributed by atoms with Crippen molar-refractivity contribution in [2.75, 3.05) is 33.4 Å². The summed E-state index contributed by atoms with van der Waals surface area (Å²) in [5, 5.41) is 0.450. The van der Waals surface area contributed by atoms with Crippen LogP contribution in [0.15, 0.2) is 39.5 Å². The molecule has 4 heterocycles. The zero-order valence-corrected chi connectivity index (χ0v) is 15.2. The largest absolute Gasteiger partial charge is 0.451 e. The van der Waals surface area contributed by atoms with Crippen LogP contribution in [0.2, 0.25) is 0 Å². The second-order valence-electron chi connectivity index (χ2n) is 7.13. The lowest BCUT2D eigenvalue weighted by molar-refractivity contribution is -0.140. The van der Waals surface area contributed by atoms with Crippen molar-refractivity contribution in [2.24, 2.45) is 5.92 Å². The summed E-state index contributed by atoms with van der Waals surface area (Å²) in [6, 6.07) is 8.10. The number of para-hydroxylation sites is 1. The van der Waals surface area contributed by atoms with Gasteiger partial charge >= 0.3 is 0 Å². The topological polar surface area (TPSA) is 80.1 Å². The second kappa shape index (κ2) is 7.15. The van der Waals surface area contributed by atoms with Gasteiger partial charge in [0.2, 0.25) is 5.91 Å². The number of hydrogen-bond donors (Lipinski definition) is 0. The van der Waals surface area contributed by atoms with Gasteiger partial charge in [0.15, 0.2) is 11.2 Å². The van der Waals surface area contributed by atoms with Crippen molar-refractivity contribution >= 4 is 22.8 Å². The maximum Gasteiger partial charge on any atom is 0.289 e. The summed E-state index contributed by atoms with van der Waals surface area (Å²) >= 11 is 0. The SMILES string of the molecule is COCCN1C(=O)[C@@H]2CC[C@H]1CN(C(=O)c1cc(=O)c3ccccc3o1)C2. The van der Waals surface area contributed by atoms with Crippen molar-refractivity contribution in [3.63, 3.8) is 0 Å². The molecule has 2 bridgehead atoms. The van der Waals surface area contributed by atoms with E-state index in [9.17, 15) is 14.4 Å². The van der Waals surface area contributed by atoms with Crippen LogP contribution < -0.4 is 5.43 Å². The summed E-state index contributed by atoms with van der Waals surface area (Å²) < 4.78 is 10.8. The fourth-order valence-corrected chi connectivity index (χ4v) is 4.05. The molecule has 0 unspecified atom stereocenters. The molecule has 3 aliphatic rings. The summed E-state index contributed by atoms with van der Waals surface area (Å²) in [7, 11) is 1.61. The molecule has 142 valence electrons. The van der Waals surface area contributed by atoms with E-state index >= 15 is 0 Å². The summed E-state index contributed by atoms with van der Waals surface area (Å²) in [5.74, 6) is -0.442. The molecule has 0 saturated carbocycles. The first-order valence-corrected chi connectivity index (χ1v) is 9.20. The predicted molar refractivity (Wildman–Crippen MR) is 98.5 cm³/mol. The third kappa shape index (κ3) is 3.23. The predicted octanol–water partition coefficient (Wildman–Crippen LogP) is 1.50. The van der Waals surface area contributed by atoms with Crippen LogP contribution in [0.4, 0.5) is 0 Å². The zero-order valence-electron chi connectivity index (χ0n) is 15.2. The number of ether oxygens (including phenoxy) is 1. The van der Waals surface area contributed by atoms with E-state index in [1.54, 1.807) is 36.3 Å². The summed E-state index contributed by atoms with van der Waals surface area (Å²) in [6.07, 6.45) is 1.64. The highest BCUT2D eigenvalue weighted by molar-refractivity contribution is 5.94. The van der Waals surface area contributed by atoms with Crippen molar-refractivity contribution in [2.45, 2.75) is 18.9 Å². The molecular formula is C20H22N2O5. The van der Waals surface area contributed by atoms with Gasteiger partial charge in [-0.25, -0.2) is 0 Å². The van der Waals surface area contributed by atoms with Gasteiger partial charge in [0, 0.05) is 38.9 Å². The Bertz CT molecular complexity index is 937. The van der Waals surface area contributed by atoms with E-state index in [2.05, 4.69) is 0 Å². The van der Waals surface area contributed by atoms with Crippen molar-refractivity contribution in [3.8, 4) is 0 Å². The minimum Gasteiger partial charge on any atom is -0.451 e. The molecule has 1 aromatic heterocycles. The number of piperidine rings is 1. The van der Waals surface area contributed by atoms with Crippen molar-refractivity contribution < 1.29 is 18.7 Å². The first-order valence-electron chi connectivity index (χ1n) is 9.20. The number of nitrogens with zero attached hydrogens (tertiary/aromatic N) is 2. The second-order valence-corrected chi connectivity index (χ2v) is 7.13. The standard InChI is InChI=1S/C20H22N2O5/c1-26-9-8-22-14-7-6-13(19(22)24)11-21(12-14)20(25)18-10-16(23)15-4-2-3-5-17(15)27-18/h2-5,10,13-14H,6-9,11-12H2,1H3/t13-,14+/m1/s1. The fourth-order valence-electron chi connectivity index (χ4n) is 4.05. The maximum absolute atomic E-state index is 13.0. The fraction of sp³-hybridized carbons (Fsp3) is 0.450. The molecule has 0 aliphatic carbocycles. The van der Waals surface area contributed by atoms with Crippen LogP contribution in [0, 0.1) is 5.92 Å². The Morgan fingerprint density at radius 3 is 2.85 bits per heavy atom. The van der Waals surface area contributed by atoms with Crippen LogP contribution in [0.5, 0.6) is 0 Å². The van der Waals surface area contributed by atoms with Gasteiger partial charge in [-0.1, -0.05) is 12.1 Å². The average Bonchev–Trinajstić information content (AvgIpc) is 2.97. The van der Waals surface area contributed by atoms with Gasteiger partial charge in [-0.3, -0.25) is 14.4 Å². The minimum absolute atomic E-state index is 0.0240. The summed E-state index contributed by atoms with van der Waals surface area (Å²) in [4.78, 5) is 41.5. The molecule has 7 nitrogen and oxygen atoms in total. The first-order chi connectivity index (χ1) is 13.1. The maximum atomic E-state index is 13.0. The van der Waals surface area contributed by atoms with E-state index in [0.717, 1.165) is 12.8 Å². The van der Waals surface area contributed by atoms with Crippen molar-refractivity contribution in [1.29, 1.82) is 0 Å².